The molecule has 4 nitrogen and oxygen atoms in total. The Morgan fingerprint density at radius 3 is 2.28 bits per heavy atom. The van der Waals surface area contributed by atoms with Gasteiger partial charge in [-0.25, -0.2) is 0 Å². The van der Waals surface area contributed by atoms with Gasteiger partial charge in [0.25, 0.3) is 5.91 Å². The van der Waals surface area contributed by atoms with Gasteiger partial charge < -0.3 is 14.5 Å². The Bertz CT molecular complexity index is 675. The van der Waals surface area contributed by atoms with Crippen LogP contribution in [0.4, 0.5) is 5.69 Å². The number of carbonyl (C=O) groups excluding carboxylic acids is 1. The molecule has 0 unspecified atom stereocenters. The van der Waals surface area contributed by atoms with Crippen LogP contribution < -0.4 is 4.90 Å². The van der Waals surface area contributed by atoms with Gasteiger partial charge in [0.05, 0.1) is 12.7 Å². The molecule has 3 rings (SSSR count). The second-order valence-electron chi connectivity index (χ2n) is 6.35. The molecule has 0 bridgehead atoms. The first-order chi connectivity index (χ1) is 12.2. The van der Waals surface area contributed by atoms with Crippen molar-refractivity contribution in [2.45, 2.75) is 26.6 Å². The Morgan fingerprint density at radius 2 is 1.68 bits per heavy atom. The monoisotopic (exact) mass is 338 g/mol. The van der Waals surface area contributed by atoms with E-state index in [-0.39, 0.29) is 12.0 Å². The third kappa shape index (κ3) is 4.20. The first-order valence-electron chi connectivity index (χ1n) is 9.01. The smallest absolute Gasteiger partial charge is 0.254 e. The average molecular weight is 338 g/mol. The molecule has 1 amide bonds. The summed E-state index contributed by atoms with van der Waals surface area (Å²) in [5, 5.41) is 0. The number of carbonyl (C=O) groups is 1. The molecule has 25 heavy (non-hydrogen) atoms. The van der Waals surface area contributed by atoms with Crippen LogP contribution in [0.3, 0.4) is 0 Å². The second kappa shape index (κ2) is 8.17. The number of anilines is 1. The van der Waals surface area contributed by atoms with E-state index in [9.17, 15) is 4.79 Å². The van der Waals surface area contributed by atoms with Crippen LogP contribution in [-0.4, -0.2) is 43.1 Å². The maximum atomic E-state index is 12.5. The van der Waals surface area contributed by atoms with Crippen molar-refractivity contribution in [2.75, 3.05) is 31.1 Å². The highest BCUT2D eigenvalue weighted by Gasteiger charge is 2.31. The summed E-state index contributed by atoms with van der Waals surface area (Å²) in [6.45, 7) is 8.15. The topological polar surface area (TPSA) is 32.8 Å². The lowest BCUT2D eigenvalue weighted by Gasteiger charge is -2.39. The lowest BCUT2D eigenvalue weighted by atomic mass is 10.1. The summed E-state index contributed by atoms with van der Waals surface area (Å²) in [4.78, 5) is 16.6. The Hall–Kier alpha value is -2.33. The number of benzene rings is 2. The second-order valence-corrected chi connectivity index (χ2v) is 6.35. The fourth-order valence-corrected chi connectivity index (χ4v) is 3.08. The Labute approximate surface area is 150 Å². The third-order valence-corrected chi connectivity index (χ3v) is 4.71. The highest BCUT2D eigenvalue weighted by molar-refractivity contribution is 5.95. The van der Waals surface area contributed by atoms with Crippen LogP contribution in [0.15, 0.2) is 54.6 Å². The molecule has 0 saturated carbocycles. The van der Waals surface area contributed by atoms with E-state index < -0.39 is 0 Å². The standard InChI is InChI=1S/C21H26N2O2/c1-3-22(4-2)19-12-10-18(11-13-19)21(24)23-14-20(15-23)25-16-17-8-6-5-7-9-17/h5-13,20H,3-4,14-16H2,1-2H3. The molecule has 0 atom stereocenters. The Kier molecular flexibility index (Phi) is 5.71. The molecule has 4 heteroatoms. The number of ether oxygens (including phenoxy) is 1. The van der Waals surface area contributed by atoms with Crippen molar-refractivity contribution in [1.29, 1.82) is 0 Å². The summed E-state index contributed by atoms with van der Waals surface area (Å²) in [5.74, 6) is 0.0886. The molecule has 1 aliphatic heterocycles. The minimum atomic E-state index is 0.0886. The molecule has 0 spiro atoms. The van der Waals surface area contributed by atoms with Gasteiger partial charge >= 0.3 is 0 Å². The van der Waals surface area contributed by atoms with E-state index in [4.69, 9.17) is 4.74 Å². The van der Waals surface area contributed by atoms with Gasteiger partial charge in [-0.2, -0.15) is 0 Å². The van der Waals surface area contributed by atoms with E-state index in [1.807, 2.05) is 47.4 Å². The Morgan fingerprint density at radius 1 is 1.04 bits per heavy atom. The SMILES string of the molecule is CCN(CC)c1ccc(C(=O)N2CC(OCc3ccccc3)C2)cc1. The lowest BCUT2D eigenvalue weighted by molar-refractivity contribution is -0.0503. The molecule has 1 saturated heterocycles. The highest BCUT2D eigenvalue weighted by atomic mass is 16.5. The third-order valence-electron chi connectivity index (χ3n) is 4.71. The first kappa shape index (κ1) is 17.5. The van der Waals surface area contributed by atoms with Crippen LogP contribution in [0.5, 0.6) is 0 Å². The summed E-state index contributed by atoms with van der Waals surface area (Å²) in [5.41, 5.74) is 3.07. The van der Waals surface area contributed by atoms with Crippen LogP contribution >= 0.6 is 0 Å². The molecule has 1 heterocycles. The predicted octanol–water partition coefficient (Wildman–Crippen LogP) is 3.57. The summed E-state index contributed by atoms with van der Waals surface area (Å²) in [6, 6.07) is 18.0. The minimum Gasteiger partial charge on any atom is -0.372 e. The van der Waals surface area contributed by atoms with E-state index in [0.29, 0.717) is 19.7 Å². The van der Waals surface area contributed by atoms with Gasteiger partial charge in [-0.3, -0.25) is 4.79 Å². The number of nitrogens with zero attached hydrogens (tertiary/aromatic N) is 2. The van der Waals surface area contributed by atoms with Gasteiger partial charge in [-0.1, -0.05) is 30.3 Å². The zero-order valence-corrected chi connectivity index (χ0v) is 15.0. The van der Waals surface area contributed by atoms with E-state index in [2.05, 4.69) is 30.9 Å². The molecule has 0 N–H and O–H groups in total. The van der Waals surface area contributed by atoms with E-state index in [1.54, 1.807) is 0 Å². The van der Waals surface area contributed by atoms with Crippen molar-refractivity contribution in [3.63, 3.8) is 0 Å². The molecule has 0 aliphatic carbocycles. The lowest BCUT2D eigenvalue weighted by Crippen LogP contribution is -2.54. The summed E-state index contributed by atoms with van der Waals surface area (Å²) < 4.78 is 5.86. The van der Waals surface area contributed by atoms with Gasteiger partial charge in [0.1, 0.15) is 0 Å². The van der Waals surface area contributed by atoms with Gasteiger partial charge in [0, 0.05) is 37.4 Å². The summed E-state index contributed by atoms with van der Waals surface area (Å²) >= 11 is 0. The molecule has 1 aliphatic rings. The van der Waals surface area contributed by atoms with Crippen LogP contribution in [0.25, 0.3) is 0 Å². The number of hydrogen-bond acceptors (Lipinski definition) is 3. The minimum absolute atomic E-state index is 0.0886. The molecular weight excluding hydrogens is 312 g/mol. The summed E-state index contributed by atoms with van der Waals surface area (Å²) in [6.07, 6.45) is 0.138. The van der Waals surface area contributed by atoms with Crippen LogP contribution in [-0.2, 0) is 11.3 Å². The normalized spacial score (nSPS) is 14.2. The zero-order chi connectivity index (χ0) is 17.6. The maximum Gasteiger partial charge on any atom is 0.254 e. The molecule has 0 aromatic heterocycles. The fourth-order valence-electron chi connectivity index (χ4n) is 3.08. The van der Waals surface area contributed by atoms with Crippen molar-refractivity contribution < 1.29 is 9.53 Å². The quantitative estimate of drug-likeness (QED) is 0.774. The van der Waals surface area contributed by atoms with Gasteiger partial charge in [0.15, 0.2) is 0 Å². The highest BCUT2D eigenvalue weighted by Crippen LogP contribution is 2.20. The molecule has 2 aromatic rings. The van der Waals surface area contributed by atoms with E-state index in [1.165, 1.54) is 5.56 Å². The predicted molar refractivity (Wildman–Crippen MR) is 101 cm³/mol. The molecule has 0 radical (unpaired) electrons. The molecule has 132 valence electrons. The first-order valence-corrected chi connectivity index (χ1v) is 9.01. The van der Waals surface area contributed by atoms with Crippen LogP contribution in [0.1, 0.15) is 29.8 Å². The molecule has 1 fully saturated rings. The molecular formula is C21H26N2O2. The van der Waals surface area contributed by atoms with Gasteiger partial charge in [-0.15, -0.1) is 0 Å². The van der Waals surface area contributed by atoms with Crippen molar-refractivity contribution in [1.82, 2.24) is 4.90 Å². The van der Waals surface area contributed by atoms with Gasteiger partial charge in [-0.05, 0) is 43.7 Å². The fraction of sp³-hybridized carbons (Fsp3) is 0.381. The Balaban J connectivity index is 1.48. The largest absolute Gasteiger partial charge is 0.372 e. The van der Waals surface area contributed by atoms with E-state index in [0.717, 1.165) is 24.3 Å². The van der Waals surface area contributed by atoms with Gasteiger partial charge in [0.2, 0.25) is 0 Å². The van der Waals surface area contributed by atoms with Crippen molar-refractivity contribution >= 4 is 11.6 Å². The molecule has 2 aromatic carbocycles. The summed E-state index contributed by atoms with van der Waals surface area (Å²) in [7, 11) is 0. The van der Waals surface area contributed by atoms with Crippen molar-refractivity contribution in [3.8, 4) is 0 Å². The van der Waals surface area contributed by atoms with Crippen LogP contribution in [0, 0.1) is 0 Å². The number of rotatable bonds is 7. The van der Waals surface area contributed by atoms with Crippen LogP contribution in [0.2, 0.25) is 0 Å². The number of amides is 1. The average Bonchev–Trinajstić information content (AvgIpc) is 2.62. The maximum absolute atomic E-state index is 12.5. The number of likely N-dealkylation sites (tertiary alicyclic amines) is 1. The van der Waals surface area contributed by atoms with Crippen molar-refractivity contribution in [3.05, 3.63) is 65.7 Å². The zero-order valence-electron chi connectivity index (χ0n) is 15.0. The van der Waals surface area contributed by atoms with Crippen molar-refractivity contribution in [2.24, 2.45) is 0 Å². The number of hydrogen-bond donors (Lipinski definition) is 0. The van der Waals surface area contributed by atoms with E-state index >= 15 is 0 Å².